The monoisotopic (exact) mass is 406 g/mol. The van der Waals surface area contributed by atoms with Crippen LogP contribution in [0.3, 0.4) is 0 Å². The van der Waals surface area contributed by atoms with E-state index >= 15 is 0 Å². The number of amides is 1. The molecule has 1 saturated heterocycles. The van der Waals surface area contributed by atoms with E-state index in [0.29, 0.717) is 45.4 Å². The van der Waals surface area contributed by atoms with Gasteiger partial charge in [-0.3, -0.25) is 9.79 Å². The Kier molecular flexibility index (Phi) is 8.89. The maximum atomic E-state index is 13.9. The Morgan fingerprint density at radius 3 is 2.52 bits per heavy atom. The third-order valence-corrected chi connectivity index (χ3v) is 5.60. The highest BCUT2D eigenvalue weighted by Gasteiger charge is 2.35. The number of halogens is 1. The number of aliphatic imine (C=N–C) groups is 1. The molecule has 1 aliphatic heterocycles. The Balaban J connectivity index is 2.22. The average molecular weight is 407 g/mol. The van der Waals surface area contributed by atoms with Crippen LogP contribution >= 0.6 is 0 Å². The zero-order chi connectivity index (χ0) is 21.3. The van der Waals surface area contributed by atoms with E-state index in [1.807, 2.05) is 43.7 Å². The normalized spacial score (nSPS) is 16.4. The highest BCUT2D eigenvalue weighted by atomic mass is 19.1. The third-order valence-electron chi connectivity index (χ3n) is 5.60. The lowest BCUT2D eigenvalue weighted by Gasteiger charge is -2.37. The number of nitrogens with one attached hydrogen (secondary N) is 1. The molecule has 0 aliphatic carbocycles. The van der Waals surface area contributed by atoms with Crippen molar-refractivity contribution in [3.63, 3.8) is 0 Å². The van der Waals surface area contributed by atoms with Gasteiger partial charge in [-0.2, -0.15) is 0 Å². The summed E-state index contributed by atoms with van der Waals surface area (Å²) in [5.74, 6) is 0.537. The number of likely N-dealkylation sites (N-methyl/N-ethyl adjacent to an activating group) is 2. The number of benzene rings is 1. The number of nitrogens with zero attached hydrogens (tertiary/aromatic N) is 3. The highest BCUT2D eigenvalue weighted by Crippen LogP contribution is 2.35. The van der Waals surface area contributed by atoms with Crippen LogP contribution in [0, 0.1) is 5.82 Å². The Labute approximate surface area is 174 Å². The predicted molar refractivity (Wildman–Crippen MR) is 115 cm³/mol. The van der Waals surface area contributed by atoms with Crippen molar-refractivity contribution in [1.82, 2.24) is 15.1 Å². The lowest BCUT2D eigenvalue weighted by atomic mass is 9.74. The van der Waals surface area contributed by atoms with Crippen molar-refractivity contribution in [3.05, 3.63) is 35.6 Å². The van der Waals surface area contributed by atoms with E-state index in [1.165, 1.54) is 6.07 Å². The standard InChI is InChI=1S/C22H35FN4O2/c1-5-24-21(26(4)16-20(28)27(6-2)7-3)25-17-22(11-13-29-14-12-22)18-9-8-10-19(23)15-18/h8-10,15H,5-7,11-14,16-17H2,1-4H3,(H,24,25). The van der Waals surface area contributed by atoms with Crippen LogP contribution in [0.5, 0.6) is 0 Å². The molecule has 1 aliphatic rings. The lowest BCUT2D eigenvalue weighted by molar-refractivity contribution is -0.131. The van der Waals surface area contributed by atoms with Crippen molar-refractivity contribution in [2.75, 3.05) is 53.0 Å². The number of carbonyl (C=O) groups excluding carboxylic acids is 1. The fourth-order valence-electron chi connectivity index (χ4n) is 3.77. The van der Waals surface area contributed by atoms with Gasteiger partial charge in [-0.25, -0.2) is 4.39 Å². The van der Waals surface area contributed by atoms with Gasteiger partial charge in [0.1, 0.15) is 5.82 Å². The van der Waals surface area contributed by atoms with Gasteiger partial charge in [0.15, 0.2) is 5.96 Å². The first-order valence-electron chi connectivity index (χ1n) is 10.6. The van der Waals surface area contributed by atoms with Gasteiger partial charge < -0.3 is 19.9 Å². The molecule has 0 radical (unpaired) electrons. The van der Waals surface area contributed by atoms with Gasteiger partial charge in [0.2, 0.25) is 5.91 Å². The quantitative estimate of drug-likeness (QED) is 0.533. The topological polar surface area (TPSA) is 57.2 Å². The molecule has 1 amide bonds. The Hall–Kier alpha value is -2.15. The van der Waals surface area contributed by atoms with Crippen LogP contribution in [0.1, 0.15) is 39.2 Å². The summed E-state index contributed by atoms with van der Waals surface area (Å²) in [6.45, 7) is 10.1. The second kappa shape index (κ2) is 11.1. The molecule has 0 saturated carbocycles. The molecule has 1 heterocycles. The molecule has 0 atom stereocenters. The average Bonchev–Trinajstić information content (AvgIpc) is 2.72. The van der Waals surface area contributed by atoms with Crippen LogP contribution in [-0.4, -0.2) is 74.7 Å². The Morgan fingerprint density at radius 2 is 1.93 bits per heavy atom. The van der Waals surface area contributed by atoms with Gasteiger partial charge in [0.25, 0.3) is 0 Å². The minimum atomic E-state index is -0.259. The fraction of sp³-hybridized carbons (Fsp3) is 0.636. The van der Waals surface area contributed by atoms with Crippen LogP contribution in [0.25, 0.3) is 0 Å². The smallest absolute Gasteiger partial charge is 0.242 e. The van der Waals surface area contributed by atoms with Crippen molar-refractivity contribution in [3.8, 4) is 0 Å². The van der Waals surface area contributed by atoms with E-state index in [1.54, 1.807) is 12.1 Å². The van der Waals surface area contributed by atoms with Gasteiger partial charge in [-0.15, -0.1) is 0 Å². The molecule has 1 aromatic carbocycles. The molecule has 0 aromatic heterocycles. The summed E-state index contributed by atoms with van der Waals surface area (Å²) in [4.78, 5) is 21.0. The van der Waals surface area contributed by atoms with Gasteiger partial charge >= 0.3 is 0 Å². The van der Waals surface area contributed by atoms with Crippen molar-refractivity contribution in [2.45, 2.75) is 39.0 Å². The van der Waals surface area contributed by atoms with Crippen LogP contribution < -0.4 is 5.32 Å². The second-order valence-electron chi connectivity index (χ2n) is 7.50. The minimum Gasteiger partial charge on any atom is -0.381 e. The summed E-state index contributed by atoms with van der Waals surface area (Å²) in [6.07, 6.45) is 1.59. The number of ether oxygens (including phenoxy) is 1. The van der Waals surface area contributed by atoms with Gasteiger partial charge in [0, 0.05) is 45.3 Å². The van der Waals surface area contributed by atoms with Crippen molar-refractivity contribution >= 4 is 11.9 Å². The summed E-state index contributed by atoms with van der Waals surface area (Å²) in [5.41, 5.74) is 0.701. The predicted octanol–water partition coefficient (Wildman–Crippen LogP) is 2.64. The van der Waals surface area contributed by atoms with E-state index in [9.17, 15) is 9.18 Å². The molecule has 6 nitrogen and oxygen atoms in total. The molecule has 1 aromatic rings. The van der Waals surface area contributed by atoms with E-state index in [2.05, 4.69) is 5.32 Å². The number of hydrogen-bond donors (Lipinski definition) is 1. The highest BCUT2D eigenvalue weighted by molar-refractivity contribution is 5.86. The molecule has 0 unspecified atom stereocenters. The number of guanidine groups is 1. The molecule has 0 bridgehead atoms. The first-order chi connectivity index (χ1) is 14.0. The Morgan fingerprint density at radius 1 is 1.24 bits per heavy atom. The molecule has 1 N–H and O–H groups in total. The number of rotatable bonds is 8. The zero-order valence-electron chi connectivity index (χ0n) is 18.2. The van der Waals surface area contributed by atoms with Crippen molar-refractivity contribution < 1.29 is 13.9 Å². The van der Waals surface area contributed by atoms with Crippen molar-refractivity contribution in [2.24, 2.45) is 4.99 Å². The number of carbonyl (C=O) groups is 1. The summed E-state index contributed by atoms with van der Waals surface area (Å²) in [5, 5.41) is 3.28. The van der Waals surface area contributed by atoms with Crippen molar-refractivity contribution in [1.29, 1.82) is 0 Å². The molecule has 162 valence electrons. The summed E-state index contributed by atoms with van der Waals surface area (Å²) < 4.78 is 19.5. The minimum absolute atomic E-state index is 0.0778. The summed E-state index contributed by atoms with van der Waals surface area (Å²) in [6, 6.07) is 6.81. The van der Waals surface area contributed by atoms with Crippen LogP contribution in [0.4, 0.5) is 4.39 Å². The maximum Gasteiger partial charge on any atom is 0.242 e. The maximum absolute atomic E-state index is 13.9. The largest absolute Gasteiger partial charge is 0.381 e. The molecule has 0 spiro atoms. The number of hydrogen-bond acceptors (Lipinski definition) is 3. The first kappa shape index (κ1) is 23.1. The third kappa shape index (κ3) is 6.16. The molecule has 2 rings (SSSR count). The first-order valence-corrected chi connectivity index (χ1v) is 10.6. The van der Waals surface area contributed by atoms with Crippen LogP contribution in [0.15, 0.2) is 29.3 Å². The molecular weight excluding hydrogens is 371 g/mol. The summed E-state index contributed by atoms with van der Waals surface area (Å²) >= 11 is 0. The fourth-order valence-corrected chi connectivity index (χ4v) is 3.77. The molecular formula is C22H35FN4O2. The van der Waals surface area contributed by atoms with E-state index < -0.39 is 0 Å². The van der Waals surface area contributed by atoms with E-state index in [0.717, 1.165) is 18.4 Å². The lowest BCUT2D eigenvalue weighted by Crippen LogP contribution is -2.46. The zero-order valence-corrected chi connectivity index (χ0v) is 18.2. The van der Waals surface area contributed by atoms with Gasteiger partial charge in [0.05, 0.1) is 13.1 Å². The van der Waals surface area contributed by atoms with E-state index in [4.69, 9.17) is 9.73 Å². The molecule has 1 fully saturated rings. The van der Waals surface area contributed by atoms with E-state index in [-0.39, 0.29) is 23.7 Å². The summed E-state index contributed by atoms with van der Waals surface area (Å²) in [7, 11) is 1.88. The molecule has 29 heavy (non-hydrogen) atoms. The van der Waals surface area contributed by atoms with Crippen LogP contribution in [-0.2, 0) is 14.9 Å². The SMILES string of the molecule is CCNC(=NCC1(c2cccc(F)c2)CCOCC1)N(C)CC(=O)N(CC)CC. The second-order valence-corrected chi connectivity index (χ2v) is 7.50. The molecule has 7 heteroatoms. The van der Waals surface area contributed by atoms with Gasteiger partial charge in [-0.1, -0.05) is 12.1 Å². The van der Waals surface area contributed by atoms with Crippen LogP contribution in [0.2, 0.25) is 0 Å². The van der Waals surface area contributed by atoms with Gasteiger partial charge in [-0.05, 0) is 51.3 Å². The Bertz CT molecular complexity index is 685.